The number of carbonyl (C=O) groups is 2. The minimum atomic E-state index is -2.24. The molecule has 0 fully saturated rings. The van der Waals surface area contributed by atoms with E-state index in [1.165, 1.54) is 0 Å². The van der Waals surface area contributed by atoms with E-state index in [0.29, 0.717) is 0 Å². The van der Waals surface area contributed by atoms with E-state index in [1.54, 1.807) is 0 Å². The van der Waals surface area contributed by atoms with Gasteiger partial charge in [-0.05, 0) is 6.92 Å². The number of Topliss-reactive ketones (excluding diaryl/α,β-unsaturated/α-hetero) is 1. The van der Waals surface area contributed by atoms with Gasteiger partial charge in [0.15, 0.2) is 0 Å². The monoisotopic (exact) mass is 262 g/mol. The predicted octanol–water partition coefficient (Wildman–Crippen LogP) is 1.40. The van der Waals surface area contributed by atoms with Crippen LogP contribution < -0.4 is 0 Å². The predicted molar refractivity (Wildman–Crippen MR) is 52.7 cm³/mol. The maximum Gasteiger partial charge on any atom is 0.316 e. The third-order valence-electron chi connectivity index (χ3n) is 1.77. The number of hydrogen-bond donors (Lipinski definition) is 2. The Hall–Kier alpha value is -0.0300. The zero-order valence-corrected chi connectivity index (χ0v) is 9.53. The second-order valence-corrected chi connectivity index (χ2v) is 5.20. The molecule has 0 saturated carbocycles. The summed E-state index contributed by atoms with van der Waals surface area (Å²) in [5.74, 6) is -2.00. The SMILES string of the molecule is CC(=O)CC(CO)(C(=O)O)C(Cl)(Cl)Cl. The van der Waals surface area contributed by atoms with E-state index in [1.807, 2.05) is 0 Å². The van der Waals surface area contributed by atoms with Gasteiger partial charge in [-0.25, -0.2) is 0 Å². The highest BCUT2D eigenvalue weighted by Crippen LogP contribution is 2.47. The van der Waals surface area contributed by atoms with Crippen molar-refractivity contribution in [3.63, 3.8) is 0 Å². The Bertz CT molecular complexity index is 248. The van der Waals surface area contributed by atoms with Gasteiger partial charge in [0, 0.05) is 6.42 Å². The number of aliphatic hydroxyl groups excluding tert-OH is 1. The normalized spacial score (nSPS) is 16.1. The summed E-state index contributed by atoms with van der Waals surface area (Å²) in [7, 11) is 0. The van der Waals surface area contributed by atoms with E-state index >= 15 is 0 Å². The second-order valence-electron chi connectivity index (χ2n) is 2.92. The third-order valence-corrected chi connectivity index (χ3v) is 2.86. The molecule has 0 aromatic carbocycles. The van der Waals surface area contributed by atoms with Crippen LogP contribution in [-0.2, 0) is 9.59 Å². The fraction of sp³-hybridized carbons (Fsp3) is 0.714. The summed E-state index contributed by atoms with van der Waals surface area (Å²) < 4.78 is -2.24. The fourth-order valence-electron chi connectivity index (χ4n) is 0.935. The molecule has 0 amide bonds. The van der Waals surface area contributed by atoms with Crippen molar-refractivity contribution in [2.24, 2.45) is 5.41 Å². The van der Waals surface area contributed by atoms with Gasteiger partial charge < -0.3 is 10.2 Å². The lowest BCUT2D eigenvalue weighted by Gasteiger charge is -2.32. The molecular formula is C7H9Cl3O4. The second kappa shape index (κ2) is 4.66. The molecule has 0 saturated heterocycles. The van der Waals surface area contributed by atoms with Crippen LogP contribution in [0, 0.1) is 5.41 Å². The Morgan fingerprint density at radius 2 is 1.71 bits per heavy atom. The molecule has 1 atom stereocenters. The number of rotatable bonds is 4. The van der Waals surface area contributed by atoms with Gasteiger partial charge in [-0.15, -0.1) is 0 Å². The van der Waals surface area contributed by atoms with Crippen molar-refractivity contribution in [3.05, 3.63) is 0 Å². The highest BCUT2D eigenvalue weighted by Gasteiger charge is 2.55. The summed E-state index contributed by atoms with van der Waals surface area (Å²) in [5, 5.41) is 17.8. The van der Waals surface area contributed by atoms with Crippen molar-refractivity contribution in [2.75, 3.05) is 6.61 Å². The topological polar surface area (TPSA) is 74.6 Å². The van der Waals surface area contributed by atoms with E-state index in [0.717, 1.165) is 6.92 Å². The molecule has 1 unspecified atom stereocenters. The van der Waals surface area contributed by atoms with E-state index < -0.39 is 34.0 Å². The number of hydrogen-bond acceptors (Lipinski definition) is 3. The maximum atomic E-state index is 10.9. The molecule has 4 nitrogen and oxygen atoms in total. The van der Waals surface area contributed by atoms with Gasteiger partial charge in [-0.2, -0.15) is 0 Å². The molecule has 0 spiro atoms. The summed E-state index contributed by atoms with van der Waals surface area (Å²) in [6.45, 7) is 0.238. The number of carboxylic acids is 1. The minimum absolute atomic E-state index is 0.479. The number of carboxylic acid groups (broad SMARTS) is 1. The van der Waals surface area contributed by atoms with Crippen LogP contribution in [0.2, 0.25) is 0 Å². The molecule has 0 radical (unpaired) electrons. The molecule has 0 bridgehead atoms. The first-order valence-electron chi connectivity index (χ1n) is 3.58. The zero-order chi connectivity index (χ0) is 11.6. The maximum absolute atomic E-state index is 10.9. The molecule has 7 heteroatoms. The third kappa shape index (κ3) is 2.73. The Morgan fingerprint density at radius 1 is 1.29 bits per heavy atom. The first-order valence-corrected chi connectivity index (χ1v) is 4.71. The molecule has 82 valence electrons. The van der Waals surface area contributed by atoms with Crippen LogP contribution in [0.1, 0.15) is 13.3 Å². The summed E-state index contributed by atoms with van der Waals surface area (Å²) in [4.78, 5) is 21.7. The minimum Gasteiger partial charge on any atom is -0.481 e. The van der Waals surface area contributed by atoms with E-state index in [9.17, 15) is 9.59 Å². The molecular weight excluding hydrogens is 254 g/mol. The highest BCUT2D eigenvalue weighted by atomic mass is 35.6. The van der Waals surface area contributed by atoms with Crippen LogP contribution in [0.15, 0.2) is 0 Å². The summed E-state index contributed by atoms with van der Waals surface area (Å²) in [5.41, 5.74) is -2.08. The number of carbonyl (C=O) groups excluding carboxylic acids is 1. The van der Waals surface area contributed by atoms with Gasteiger partial charge >= 0.3 is 5.97 Å². The molecule has 0 aliphatic carbocycles. The van der Waals surface area contributed by atoms with Gasteiger partial charge in [0.25, 0.3) is 0 Å². The van der Waals surface area contributed by atoms with E-state index in [4.69, 9.17) is 45.0 Å². The molecule has 0 rings (SSSR count). The average Bonchev–Trinajstić information content (AvgIpc) is 1.96. The average molecular weight is 264 g/mol. The molecule has 0 aromatic heterocycles. The van der Waals surface area contributed by atoms with Crippen LogP contribution in [0.5, 0.6) is 0 Å². The number of alkyl halides is 3. The first kappa shape index (κ1) is 14.0. The van der Waals surface area contributed by atoms with Gasteiger partial charge in [0.2, 0.25) is 3.79 Å². The van der Waals surface area contributed by atoms with Crippen molar-refractivity contribution in [3.8, 4) is 0 Å². The Morgan fingerprint density at radius 3 is 1.79 bits per heavy atom. The Labute approximate surface area is 95.8 Å². The number of ketones is 1. The van der Waals surface area contributed by atoms with Crippen molar-refractivity contribution in [2.45, 2.75) is 17.1 Å². The lowest BCUT2D eigenvalue weighted by atomic mass is 9.85. The zero-order valence-electron chi connectivity index (χ0n) is 7.26. The molecule has 0 aromatic rings. The van der Waals surface area contributed by atoms with Crippen LogP contribution in [0.4, 0.5) is 0 Å². The van der Waals surface area contributed by atoms with Crippen molar-refractivity contribution >= 4 is 46.6 Å². The van der Waals surface area contributed by atoms with Crippen LogP contribution in [-0.4, -0.2) is 32.4 Å². The first-order chi connectivity index (χ1) is 6.17. The van der Waals surface area contributed by atoms with Gasteiger partial charge in [-0.1, -0.05) is 34.8 Å². The smallest absolute Gasteiger partial charge is 0.316 e. The Kier molecular flexibility index (Phi) is 4.65. The quantitative estimate of drug-likeness (QED) is 0.752. The molecule has 2 N–H and O–H groups in total. The highest BCUT2D eigenvalue weighted by molar-refractivity contribution is 6.69. The van der Waals surface area contributed by atoms with Crippen molar-refractivity contribution in [1.82, 2.24) is 0 Å². The molecule has 0 heterocycles. The largest absolute Gasteiger partial charge is 0.481 e. The van der Waals surface area contributed by atoms with Gasteiger partial charge in [-0.3, -0.25) is 9.59 Å². The van der Waals surface area contributed by atoms with Crippen molar-refractivity contribution < 1.29 is 19.8 Å². The van der Waals surface area contributed by atoms with Crippen LogP contribution in [0.25, 0.3) is 0 Å². The van der Waals surface area contributed by atoms with E-state index in [2.05, 4.69) is 0 Å². The Balaban J connectivity index is 5.20. The van der Waals surface area contributed by atoms with Crippen molar-refractivity contribution in [1.29, 1.82) is 0 Å². The summed E-state index contributed by atoms with van der Waals surface area (Å²) in [6.07, 6.45) is -0.532. The van der Waals surface area contributed by atoms with Gasteiger partial charge in [0.05, 0.1) is 6.61 Å². The molecule has 0 aliphatic rings. The van der Waals surface area contributed by atoms with Gasteiger partial charge in [0.1, 0.15) is 11.2 Å². The number of halogens is 3. The van der Waals surface area contributed by atoms with Crippen LogP contribution >= 0.6 is 34.8 Å². The molecule has 14 heavy (non-hydrogen) atoms. The van der Waals surface area contributed by atoms with Crippen LogP contribution in [0.3, 0.4) is 0 Å². The lowest BCUT2D eigenvalue weighted by Crippen LogP contribution is -2.47. The fourth-order valence-corrected chi connectivity index (χ4v) is 1.56. The standard InChI is InChI=1S/C7H9Cl3O4/c1-4(12)2-6(3-11,5(13)14)7(8,9)10/h11H,2-3H2,1H3,(H,13,14). The number of aliphatic hydroxyl groups is 1. The summed E-state index contributed by atoms with van der Waals surface area (Å²) in [6, 6.07) is 0. The lowest BCUT2D eigenvalue weighted by molar-refractivity contribution is -0.153. The van der Waals surface area contributed by atoms with E-state index in [-0.39, 0.29) is 0 Å². The number of aliphatic carboxylic acids is 1. The molecule has 0 aliphatic heterocycles. The summed E-state index contributed by atoms with van der Waals surface area (Å²) >= 11 is 16.3.